The predicted molar refractivity (Wildman–Crippen MR) is 103 cm³/mol. The zero-order valence-electron chi connectivity index (χ0n) is 14.9. The molecule has 2 aromatic heterocycles. The van der Waals surface area contributed by atoms with Crippen molar-refractivity contribution in [3.05, 3.63) is 63.8 Å². The third-order valence-corrected chi connectivity index (χ3v) is 5.51. The molecule has 1 aliphatic rings. The molecule has 0 saturated heterocycles. The van der Waals surface area contributed by atoms with Crippen molar-refractivity contribution in [1.29, 1.82) is 0 Å². The number of benzene rings is 1. The Morgan fingerprint density at radius 1 is 1.33 bits per heavy atom. The average molecular weight is 438 g/mol. The van der Waals surface area contributed by atoms with Gasteiger partial charge in [-0.25, -0.2) is 13.2 Å². The van der Waals surface area contributed by atoms with E-state index in [9.17, 15) is 13.2 Å². The number of aromatic nitrogens is 2. The van der Waals surface area contributed by atoms with Gasteiger partial charge in [-0.3, -0.25) is 9.88 Å². The average Bonchev–Trinajstić information content (AvgIpc) is 2.93. The third kappa shape index (κ3) is 3.38. The molecule has 0 bridgehead atoms. The Morgan fingerprint density at radius 3 is 2.78 bits per heavy atom. The van der Waals surface area contributed by atoms with Gasteiger partial charge in [0.15, 0.2) is 0 Å². The second kappa shape index (κ2) is 6.63. The summed E-state index contributed by atoms with van der Waals surface area (Å²) in [5, 5.41) is 1.05. The summed E-state index contributed by atoms with van der Waals surface area (Å²) in [6.45, 7) is 2.33. The Hall–Kier alpha value is -1.86. The van der Waals surface area contributed by atoms with Crippen molar-refractivity contribution < 1.29 is 13.2 Å². The molecule has 1 aliphatic heterocycles. The first-order chi connectivity index (χ1) is 12.7. The number of alkyl halides is 2. The van der Waals surface area contributed by atoms with E-state index in [0.29, 0.717) is 10.9 Å². The molecule has 142 valence electrons. The van der Waals surface area contributed by atoms with E-state index in [4.69, 9.17) is 0 Å². The molecule has 0 radical (unpaired) electrons. The number of hydrogen-bond acceptors (Lipinski definition) is 2. The van der Waals surface area contributed by atoms with Crippen LogP contribution in [0.2, 0.25) is 0 Å². The molecule has 0 spiro atoms. The molecule has 0 amide bonds. The molecule has 0 aliphatic carbocycles. The largest absolute Gasteiger partial charge is 0.357 e. The van der Waals surface area contributed by atoms with Crippen molar-refractivity contribution in [2.75, 3.05) is 6.54 Å². The molecule has 27 heavy (non-hydrogen) atoms. The van der Waals surface area contributed by atoms with Gasteiger partial charge in [-0.15, -0.1) is 0 Å². The van der Waals surface area contributed by atoms with Crippen molar-refractivity contribution in [2.45, 2.75) is 38.3 Å². The minimum absolute atomic E-state index is 0.154. The Labute approximate surface area is 163 Å². The number of halogens is 4. The van der Waals surface area contributed by atoms with E-state index in [1.54, 1.807) is 4.90 Å². The number of pyridine rings is 1. The first kappa shape index (κ1) is 18.5. The maximum atomic E-state index is 14.8. The topological polar surface area (TPSA) is 31.9 Å². The van der Waals surface area contributed by atoms with Crippen LogP contribution < -0.4 is 0 Å². The normalized spacial score (nSPS) is 20.8. The summed E-state index contributed by atoms with van der Waals surface area (Å²) in [5.74, 6) is -3.42. The van der Waals surface area contributed by atoms with Crippen molar-refractivity contribution in [1.82, 2.24) is 14.9 Å². The minimum atomic E-state index is -2.90. The molecule has 1 N–H and O–H groups in total. The first-order valence-electron chi connectivity index (χ1n) is 8.78. The lowest BCUT2D eigenvalue weighted by molar-refractivity contribution is -0.0375. The van der Waals surface area contributed by atoms with E-state index in [1.807, 2.05) is 31.2 Å². The standard InChI is InChI=1S/C20H19BrF3N3/c1-11-7-14-13-5-3-4-6-16(13)26-17(14)19(27(11)10-20(2,23)24)18-15(22)8-12(21)9-25-18/h3-6,8-9,11,19,26H,7,10H2,1-2H3/t11-,19+/m1/s1. The number of rotatable bonds is 3. The summed E-state index contributed by atoms with van der Waals surface area (Å²) in [5.41, 5.74) is 2.86. The second-order valence-electron chi connectivity index (χ2n) is 7.28. The van der Waals surface area contributed by atoms with E-state index in [-0.39, 0.29) is 11.7 Å². The number of aromatic amines is 1. The molecule has 0 unspecified atom stereocenters. The molecule has 3 nitrogen and oxygen atoms in total. The number of hydrogen-bond donors (Lipinski definition) is 1. The van der Waals surface area contributed by atoms with Crippen LogP contribution in [-0.4, -0.2) is 33.4 Å². The lowest BCUT2D eigenvalue weighted by Crippen LogP contribution is -2.47. The van der Waals surface area contributed by atoms with Gasteiger partial charge in [-0.2, -0.15) is 0 Å². The van der Waals surface area contributed by atoms with Crippen LogP contribution in [0.4, 0.5) is 13.2 Å². The fourth-order valence-corrected chi connectivity index (χ4v) is 4.30. The highest BCUT2D eigenvalue weighted by molar-refractivity contribution is 9.10. The van der Waals surface area contributed by atoms with Gasteiger partial charge < -0.3 is 4.98 Å². The Morgan fingerprint density at radius 2 is 2.07 bits per heavy atom. The fraction of sp³-hybridized carbons (Fsp3) is 0.350. The molecular weight excluding hydrogens is 419 g/mol. The third-order valence-electron chi connectivity index (χ3n) is 5.07. The number of nitrogens with one attached hydrogen (secondary N) is 1. The summed E-state index contributed by atoms with van der Waals surface area (Å²) >= 11 is 3.21. The summed E-state index contributed by atoms with van der Waals surface area (Å²) in [6.07, 6.45) is 2.12. The highest BCUT2D eigenvalue weighted by Crippen LogP contribution is 2.42. The molecule has 7 heteroatoms. The van der Waals surface area contributed by atoms with E-state index in [1.165, 1.54) is 12.3 Å². The predicted octanol–water partition coefficient (Wildman–Crippen LogP) is 5.46. The van der Waals surface area contributed by atoms with Gasteiger partial charge in [0.2, 0.25) is 0 Å². The molecule has 3 aromatic rings. The van der Waals surface area contributed by atoms with Crippen LogP contribution in [-0.2, 0) is 6.42 Å². The molecule has 3 heterocycles. The van der Waals surface area contributed by atoms with Gasteiger partial charge in [-0.1, -0.05) is 18.2 Å². The highest BCUT2D eigenvalue weighted by atomic mass is 79.9. The number of nitrogens with zero attached hydrogens (tertiary/aromatic N) is 2. The minimum Gasteiger partial charge on any atom is -0.357 e. The van der Waals surface area contributed by atoms with E-state index in [2.05, 4.69) is 25.9 Å². The Bertz CT molecular complexity index is 996. The smallest absolute Gasteiger partial charge is 0.257 e. The number of fused-ring (bicyclic) bond motifs is 3. The number of para-hydroxylation sites is 1. The summed E-state index contributed by atoms with van der Waals surface area (Å²) in [4.78, 5) is 9.24. The van der Waals surface area contributed by atoms with Crippen molar-refractivity contribution in [3.63, 3.8) is 0 Å². The molecular formula is C20H19BrF3N3. The molecule has 2 atom stereocenters. The summed E-state index contributed by atoms with van der Waals surface area (Å²) in [6, 6.07) is 8.25. The lowest BCUT2D eigenvalue weighted by Gasteiger charge is -2.41. The first-order valence-corrected chi connectivity index (χ1v) is 9.58. The SMILES string of the molecule is C[C@@H]1Cc2c([nH]c3ccccc23)[C@@H](c2ncc(Br)cc2F)N1CC(C)(F)F. The van der Waals surface area contributed by atoms with Crippen LogP contribution in [0.1, 0.15) is 36.8 Å². The van der Waals surface area contributed by atoms with Gasteiger partial charge in [0.25, 0.3) is 5.92 Å². The van der Waals surface area contributed by atoms with Gasteiger partial charge in [-0.05, 0) is 47.0 Å². The van der Waals surface area contributed by atoms with Crippen molar-refractivity contribution >= 4 is 26.8 Å². The number of H-pyrrole nitrogens is 1. The monoisotopic (exact) mass is 437 g/mol. The molecule has 4 rings (SSSR count). The van der Waals surface area contributed by atoms with Crippen molar-refractivity contribution in [3.8, 4) is 0 Å². The van der Waals surface area contributed by atoms with E-state index >= 15 is 0 Å². The van der Waals surface area contributed by atoms with Crippen LogP contribution in [0.25, 0.3) is 10.9 Å². The summed E-state index contributed by atoms with van der Waals surface area (Å²) in [7, 11) is 0. The summed E-state index contributed by atoms with van der Waals surface area (Å²) < 4.78 is 43.2. The molecule has 0 fully saturated rings. The van der Waals surface area contributed by atoms with Gasteiger partial charge in [0, 0.05) is 40.2 Å². The maximum Gasteiger partial charge on any atom is 0.257 e. The van der Waals surface area contributed by atoms with Crippen LogP contribution in [0.5, 0.6) is 0 Å². The van der Waals surface area contributed by atoms with Crippen LogP contribution in [0.3, 0.4) is 0 Å². The maximum absolute atomic E-state index is 14.8. The zero-order chi connectivity index (χ0) is 19.3. The van der Waals surface area contributed by atoms with Gasteiger partial charge in [0.05, 0.1) is 18.3 Å². The van der Waals surface area contributed by atoms with Gasteiger partial charge in [0.1, 0.15) is 5.82 Å². The van der Waals surface area contributed by atoms with Crippen molar-refractivity contribution in [2.24, 2.45) is 0 Å². The van der Waals surface area contributed by atoms with Crippen LogP contribution >= 0.6 is 15.9 Å². The molecule has 0 saturated carbocycles. The quantitative estimate of drug-likeness (QED) is 0.590. The Kier molecular flexibility index (Phi) is 4.55. The van der Waals surface area contributed by atoms with Crippen LogP contribution in [0, 0.1) is 5.82 Å². The Balaban J connectivity index is 1.93. The highest BCUT2D eigenvalue weighted by Gasteiger charge is 2.41. The van der Waals surface area contributed by atoms with E-state index in [0.717, 1.165) is 29.1 Å². The molecule has 1 aromatic carbocycles. The van der Waals surface area contributed by atoms with Crippen LogP contribution in [0.15, 0.2) is 41.0 Å². The zero-order valence-corrected chi connectivity index (χ0v) is 16.5. The van der Waals surface area contributed by atoms with Gasteiger partial charge >= 0.3 is 0 Å². The lowest BCUT2D eigenvalue weighted by atomic mass is 9.90. The van der Waals surface area contributed by atoms with E-state index < -0.39 is 24.3 Å². The second-order valence-corrected chi connectivity index (χ2v) is 8.20. The fourth-order valence-electron chi connectivity index (χ4n) is 4.00.